The van der Waals surface area contributed by atoms with E-state index in [2.05, 4.69) is 5.32 Å². The van der Waals surface area contributed by atoms with Crippen LogP contribution in [0.15, 0.2) is 18.2 Å². The van der Waals surface area contributed by atoms with E-state index in [0.717, 1.165) is 18.2 Å². The predicted octanol–water partition coefficient (Wildman–Crippen LogP) is 1.19. The Labute approximate surface area is 127 Å². The topological polar surface area (TPSA) is 111 Å². The van der Waals surface area contributed by atoms with Crippen LogP contribution in [0.1, 0.15) is 31.1 Å². The minimum atomic E-state index is -1.21. The number of nitrogens with two attached hydrogens (primary N) is 1. The maximum absolute atomic E-state index is 12.9. The molecule has 0 bridgehead atoms. The van der Waals surface area contributed by atoms with E-state index in [-0.39, 0.29) is 17.3 Å². The summed E-state index contributed by atoms with van der Waals surface area (Å²) in [7, 11) is 0. The number of ether oxygens (including phenoxy) is 1. The van der Waals surface area contributed by atoms with Gasteiger partial charge in [-0.25, -0.2) is 14.0 Å². The quantitative estimate of drug-likeness (QED) is 0.571. The van der Waals surface area contributed by atoms with Crippen molar-refractivity contribution in [2.45, 2.75) is 32.9 Å². The zero-order valence-corrected chi connectivity index (χ0v) is 12.5. The number of benzene rings is 1. The first-order valence-electron chi connectivity index (χ1n) is 6.58. The maximum Gasteiger partial charge on any atom is 0.341 e. The van der Waals surface area contributed by atoms with E-state index in [0.29, 0.717) is 0 Å². The Hall–Kier alpha value is -2.64. The lowest BCUT2D eigenvalue weighted by molar-refractivity contribution is -0.127. The van der Waals surface area contributed by atoms with Crippen molar-refractivity contribution in [3.63, 3.8) is 0 Å². The number of urea groups is 1. The molecule has 120 valence electrons. The molecule has 0 unspecified atom stereocenters. The number of hydrogen-bond donors (Lipinski definition) is 3. The van der Waals surface area contributed by atoms with Gasteiger partial charge in [-0.1, -0.05) is 0 Å². The second-order valence-corrected chi connectivity index (χ2v) is 4.90. The largest absolute Gasteiger partial charge is 0.449 e. The van der Waals surface area contributed by atoms with Crippen LogP contribution in [0.5, 0.6) is 0 Å². The summed E-state index contributed by atoms with van der Waals surface area (Å²) >= 11 is 0. The summed E-state index contributed by atoms with van der Waals surface area (Å²) in [6.45, 7) is 4.76. The summed E-state index contributed by atoms with van der Waals surface area (Å²) in [6.07, 6.45) is -1.21. The standard InChI is InChI=1S/C14H18FN3O4/c1-7(2)17-14(21)18-12(19)8(3)22-13(20)10-5-4-9(15)6-11(10)16/h4-8H,16H2,1-3H3,(H2,17,18,19,21)/t8-/m1/s1. The number of carbonyl (C=O) groups is 3. The zero-order valence-electron chi connectivity index (χ0n) is 12.5. The molecule has 22 heavy (non-hydrogen) atoms. The molecule has 1 atom stereocenters. The third-order valence-corrected chi connectivity index (χ3v) is 2.54. The van der Waals surface area contributed by atoms with Gasteiger partial charge < -0.3 is 15.8 Å². The molecule has 8 heteroatoms. The molecule has 0 heterocycles. The van der Waals surface area contributed by atoms with Gasteiger partial charge in [0.25, 0.3) is 5.91 Å². The smallest absolute Gasteiger partial charge is 0.341 e. The summed E-state index contributed by atoms with van der Waals surface area (Å²) in [6, 6.07) is 2.34. The van der Waals surface area contributed by atoms with Gasteiger partial charge >= 0.3 is 12.0 Å². The van der Waals surface area contributed by atoms with E-state index >= 15 is 0 Å². The molecule has 0 fully saturated rings. The van der Waals surface area contributed by atoms with Gasteiger partial charge in [0, 0.05) is 11.7 Å². The first kappa shape index (κ1) is 17.4. The first-order chi connectivity index (χ1) is 10.2. The van der Waals surface area contributed by atoms with E-state index in [1.165, 1.54) is 6.92 Å². The number of esters is 1. The van der Waals surface area contributed by atoms with Gasteiger partial charge in [-0.05, 0) is 39.0 Å². The minimum absolute atomic E-state index is 0.0623. The maximum atomic E-state index is 12.9. The fourth-order valence-electron chi connectivity index (χ4n) is 1.51. The lowest BCUT2D eigenvalue weighted by atomic mass is 10.2. The van der Waals surface area contributed by atoms with E-state index in [9.17, 15) is 18.8 Å². The molecule has 7 nitrogen and oxygen atoms in total. The number of rotatable bonds is 4. The van der Waals surface area contributed by atoms with Crippen LogP contribution in [0.3, 0.4) is 0 Å². The van der Waals surface area contributed by atoms with Gasteiger partial charge in [-0.3, -0.25) is 10.1 Å². The van der Waals surface area contributed by atoms with Gasteiger partial charge in [0.05, 0.1) is 5.56 Å². The number of amides is 3. The van der Waals surface area contributed by atoms with Crippen LogP contribution in [0.4, 0.5) is 14.9 Å². The van der Waals surface area contributed by atoms with E-state index in [1.807, 2.05) is 5.32 Å². The molecule has 0 aliphatic rings. The number of imide groups is 1. The number of hydrogen-bond acceptors (Lipinski definition) is 5. The predicted molar refractivity (Wildman–Crippen MR) is 77.5 cm³/mol. The van der Waals surface area contributed by atoms with Crippen molar-refractivity contribution in [2.24, 2.45) is 0 Å². The highest BCUT2D eigenvalue weighted by Gasteiger charge is 2.22. The Morgan fingerprint density at radius 1 is 1.23 bits per heavy atom. The van der Waals surface area contributed by atoms with Crippen LogP contribution in [-0.4, -0.2) is 30.1 Å². The van der Waals surface area contributed by atoms with Crippen molar-refractivity contribution in [1.29, 1.82) is 0 Å². The van der Waals surface area contributed by atoms with Gasteiger partial charge in [-0.2, -0.15) is 0 Å². The third-order valence-electron chi connectivity index (χ3n) is 2.54. The van der Waals surface area contributed by atoms with Crippen molar-refractivity contribution in [3.8, 4) is 0 Å². The van der Waals surface area contributed by atoms with E-state index < -0.39 is 29.8 Å². The van der Waals surface area contributed by atoms with Crippen molar-refractivity contribution < 1.29 is 23.5 Å². The molecule has 3 amide bonds. The van der Waals surface area contributed by atoms with E-state index in [4.69, 9.17) is 10.5 Å². The summed E-state index contributed by atoms with van der Waals surface area (Å²) in [4.78, 5) is 34.9. The summed E-state index contributed by atoms with van der Waals surface area (Å²) in [5, 5.41) is 4.49. The third kappa shape index (κ3) is 5.04. The Morgan fingerprint density at radius 2 is 1.86 bits per heavy atom. The fraction of sp³-hybridized carbons (Fsp3) is 0.357. The van der Waals surface area contributed by atoms with Gasteiger partial charge in [-0.15, -0.1) is 0 Å². The lowest BCUT2D eigenvalue weighted by Gasteiger charge is -2.15. The zero-order chi connectivity index (χ0) is 16.9. The highest BCUT2D eigenvalue weighted by molar-refractivity contribution is 6.00. The Kier molecular flexibility index (Phi) is 5.85. The average Bonchev–Trinajstić information content (AvgIpc) is 2.36. The van der Waals surface area contributed by atoms with Gasteiger partial charge in [0.2, 0.25) is 0 Å². The number of halogens is 1. The van der Waals surface area contributed by atoms with Crippen LogP contribution in [-0.2, 0) is 9.53 Å². The van der Waals surface area contributed by atoms with Crippen LogP contribution >= 0.6 is 0 Å². The second kappa shape index (κ2) is 7.39. The van der Waals surface area contributed by atoms with Crippen LogP contribution in [0.2, 0.25) is 0 Å². The molecule has 1 aromatic rings. The summed E-state index contributed by atoms with van der Waals surface area (Å²) in [5.41, 5.74) is 5.34. The number of carbonyl (C=O) groups excluding carboxylic acids is 3. The molecule has 0 aliphatic carbocycles. The molecule has 0 saturated carbocycles. The summed E-state index contributed by atoms with van der Waals surface area (Å²) < 4.78 is 17.8. The Morgan fingerprint density at radius 3 is 2.41 bits per heavy atom. The number of anilines is 1. The molecule has 1 rings (SSSR count). The molecule has 0 aromatic heterocycles. The molecular weight excluding hydrogens is 293 g/mol. The molecule has 0 radical (unpaired) electrons. The van der Waals surface area contributed by atoms with Crippen molar-refractivity contribution >= 4 is 23.6 Å². The molecule has 1 aromatic carbocycles. The molecule has 4 N–H and O–H groups in total. The fourth-order valence-corrected chi connectivity index (χ4v) is 1.51. The lowest BCUT2D eigenvalue weighted by Crippen LogP contribution is -2.46. The van der Waals surface area contributed by atoms with Gasteiger partial charge in [0.1, 0.15) is 5.82 Å². The SMILES string of the molecule is CC(C)NC(=O)NC(=O)[C@@H](C)OC(=O)c1ccc(F)cc1N. The average molecular weight is 311 g/mol. The van der Waals surface area contributed by atoms with E-state index in [1.54, 1.807) is 13.8 Å². The normalized spacial score (nSPS) is 11.7. The highest BCUT2D eigenvalue weighted by Crippen LogP contribution is 2.15. The first-order valence-corrected chi connectivity index (χ1v) is 6.58. The molecular formula is C14H18FN3O4. The van der Waals surface area contributed by atoms with Gasteiger partial charge in [0.15, 0.2) is 6.10 Å². The van der Waals surface area contributed by atoms with Crippen molar-refractivity contribution in [1.82, 2.24) is 10.6 Å². The molecule has 0 spiro atoms. The highest BCUT2D eigenvalue weighted by atomic mass is 19.1. The molecule has 0 saturated heterocycles. The minimum Gasteiger partial charge on any atom is -0.449 e. The molecule has 0 aliphatic heterocycles. The van der Waals surface area contributed by atoms with Crippen LogP contribution in [0, 0.1) is 5.82 Å². The Bertz CT molecular complexity index is 589. The van der Waals surface area contributed by atoms with Crippen molar-refractivity contribution in [3.05, 3.63) is 29.6 Å². The Balaban J connectivity index is 2.63. The number of nitrogen functional groups attached to an aromatic ring is 1. The number of nitrogens with one attached hydrogen (secondary N) is 2. The second-order valence-electron chi connectivity index (χ2n) is 4.90. The van der Waals surface area contributed by atoms with Crippen LogP contribution < -0.4 is 16.4 Å². The van der Waals surface area contributed by atoms with Crippen molar-refractivity contribution in [2.75, 3.05) is 5.73 Å². The van der Waals surface area contributed by atoms with Crippen LogP contribution in [0.25, 0.3) is 0 Å². The summed E-state index contributed by atoms with van der Waals surface area (Å²) in [5.74, 6) is -2.26. The monoisotopic (exact) mass is 311 g/mol.